The summed E-state index contributed by atoms with van der Waals surface area (Å²) in [5.41, 5.74) is 2.59. The third-order valence-electron chi connectivity index (χ3n) is 6.00. The summed E-state index contributed by atoms with van der Waals surface area (Å²) < 4.78 is 46.6. The van der Waals surface area contributed by atoms with Crippen LogP contribution in [0.25, 0.3) is 0 Å². The highest BCUT2D eigenvalue weighted by atomic mass is 32.2. The Morgan fingerprint density at radius 1 is 0.947 bits per heavy atom. The Balaban J connectivity index is 1.44. The van der Waals surface area contributed by atoms with Gasteiger partial charge < -0.3 is 15.4 Å². The van der Waals surface area contributed by atoms with Gasteiger partial charge >= 0.3 is 5.97 Å². The Kier molecular flexibility index (Phi) is 8.18. The van der Waals surface area contributed by atoms with E-state index in [1.54, 1.807) is 36.4 Å². The fraction of sp³-hybridized carbons (Fsp3) is 0.222. The number of halogens is 1. The van der Waals surface area contributed by atoms with Crippen LogP contribution < -0.4 is 10.6 Å². The van der Waals surface area contributed by atoms with Crippen LogP contribution in [0.4, 0.5) is 15.8 Å². The molecule has 3 aromatic rings. The van der Waals surface area contributed by atoms with E-state index in [4.69, 9.17) is 4.74 Å². The van der Waals surface area contributed by atoms with Gasteiger partial charge in [0.15, 0.2) is 6.61 Å². The summed E-state index contributed by atoms with van der Waals surface area (Å²) in [7, 11) is -4.05. The predicted octanol–water partition coefficient (Wildman–Crippen LogP) is 3.64. The van der Waals surface area contributed by atoms with Crippen LogP contribution in [0.15, 0.2) is 77.7 Å². The third kappa shape index (κ3) is 6.42. The molecule has 0 saturated carbocycles. The van der Waals surface area contributed by atoms with Gasteiger partial charge in [-0.25, -0.2) is 12.8 Å². The minimum Gasteiger partial charge on any atom is -0.456 e. The summed E-state index contributed by atoms with van der Waals surface area (Å²) in [4.78, 5) is 36.1. The van der Waals surface area contributed by atoms with Crippen LogP contribution in [-0.4, -0.2) is 43.7 Å². The number of fused-ring (bicyclic) bond motifs is 1. The van der Waals surface area contributed by atoms with Crippen LogP contribution in [-0.2, 0) is 35.6 Å². The van der Waals surface area contributed by atoms with E-state index >= 15 is 0 Å². The largest absolute Gasteiger partial charge is 0.456 e. The molecule has 0 aromatic heterocycles. The van der Waals surface area contributed by atoms with Crippen molar-refractivity contribution in [3.8, 4) is 0 Å². The number of amides is 2. The molecule has 1 unspecified atom stereocenters. The van der Waals surface area contributed by atoms with Gasteiger partial charge in [0.2, 0.25) is 15.9 Å². The van der Waals surface area contributed by atoms with Crippen LogP contribution in [0.2, 0.25) is 0 Å². The van der Waals surface area contributed by atoms with Crippen LogP contribution in [0.5, 0.6) is 0 Å². The molecule has 0 aliphatic carbocycles. The lowest BCUT2D eigenvalue weighted by Crippen LogP contribution is -2.41. The van der Waals surface area contributed by atoms with Crippen LogP contribution >= 0.6 is 0 Å². The van der Waals surface area contributed by atoms with Crippen molar-refractivity contribution in [1.82, 2.24) is 4.31 Å². The molecular weight excluding hydrogens is 513 g/mol. The number of carbonyl (C=O) groups excluding carboxylic acids is 3. The van der Waals surface area contributed by atoms with Crippen molar-refractivity contribution < 1.29 is 31.9 Å². The molecule has 1 atom stereocenters. The first-order valence-electron chi connectivity index (χ1n) is 11.8. The molecule has 4 rings (SSSR count). The van der Waals surface area contributed by atoms with Crippen LogP contribution in [0.3, 0.4) is 0 Å². The van der Waals surface area contributed by atoms with E-state index in [0.29, 0.717) is 23.4 Å². The van der Waals surface area contributed by atoms with E-state index in [1.807, 2.05) is 12.1 Å². The molecule has 11 heteroatoms. The predicted molar refractivity (Wildman–Crippen MR) is 138 cm³/mol. The zero-order valence-corrected chi connectivity index (χ0v) is 21.3. The Bertz CT molecular complexity index is 1440. The monoisotopic (exact) mass is 539 g/mol. The van der Waals surface area contributed by atoms with Gasteiger partial charge in [0.25, 0.3) is 5.91 Å². The third-order valence-corrected chi connectivity index (χ3v) is 7.92. The zero-order valence-electron chi connectivity index (χ0n) is 20.5. The van der Waals surface area contributed by atoms with Gasteiger partial charge in [-0.15, -0.1) is 0 Å². The molecule has 0 fully saturated rings. The Morgan fingerprint density at radius 2 is 1.58 bits per heavy atom. The van der Waals surface area contributed by atoms with Gasteiger partial charge in [0.1, 0.15) is 5.82 Å². The standard InChI is InChI=1S/C27H26FN3O6S/c1-18(32)29-21-8-10-22(11-9-21)30-26(33)17-37-27(34)16-25-24-5-3-2-4-19(24)14-15-31(25)38(35,36)23-12-6-20(28)7-13-23/h2-13,25H,14-17H2,1H3,(H,29,32)(H,30,33). The highest BCUT2D eigenvalue weighted by Gasteiger charge is 2.37. The number of ether oxygens (including phenoxy) is 1. The quantitative estimate of drug-likeness (QED) is 0.422. The minimum absolute atomic E-state index is 0.0828. The first-order valence-corrected chi connectivity index (χ1v) is 13.3. The van der Waals surface area contributed by atoms with Crippen molar-refractivity contribution in [2.24, 2.45) is 0 Å². The number of carbonyl (C=O) groups is 3. The normalized spacial score (nSPS) is 15.3. The number of hydrogen-bond acceptors (Lipinski definition) is 6. The number of esters is 1. The van der Waals surface area contributed by atoms with Gasteiger partial charge in [0.05, 0.1) is 17.4 Å². The molecule has 0 saturated heterocycles. The van der Waals surface area contributed by atoms with Crippen molar-refractivity contribution in [3.05, 3.63) is 89.7 Å². The van der Waals surface area contributed by atoms with Crippen molar-refractivity contribution >= 4 is 39.2 Å². The molecule has 0 bridgehead atoms. The number of rotatable bonds is 8. The lowest BCUT2D eigenvalue weighted by molar-refractivity contribution is -0.148. The summed E-state index contributed by atoms with van der Waals surface area (Å²) >= 11 is 0. The summed E-state index contributed by atoms with van der Waals surface area (Å²) in [6.07, 6.45) is 0.140. The average Bonchev–Trinajstić information content (AvgIpc) is 2.88. The zero-order chi connectivity index (χ0) is 27.3. The van der Waals surface area contributed by atoms with Gasteiger partial charge in [0, 0.05) is 24.8 Å². The smallest absolute Gasteiger partial charge is 0.308 e. The lowest BCUT2D eigenvalue weighted by atomic mass is 9.92. The van der Waals surface area contributed by atoms with Crippen LogP contribution in [0.1, 0.15) is 30.5 Å². The van der Waals surface area contributed by atoms with E-state index in [-0.39, 0.29) is 23.8 Å². The Hall–Kier alpha value is -4.09. The number of sulfonamides is 1. The van der Waals surface area contributed by atoms with E-state index in [0.717, 1.165) is 17.7 Å². The van der Waals surface area contributed by atoms with Crippen molar-refractivity contribution in [1.29, 1.82) is 0 Å². The first kappa shape index (κ1) is 27.0. The van der Waals surface area contributed by atoms with Gasteiger partial charge in [-0.05, 0) is 66.1 Å². The maximum atomic E-state index is 13.4. The fourth-order valence-electron chi connectivity index (χ4n) is 4.27. The second-order valence-corrected chi connectivity index (χ2v) is 10.6. The summed E-state index contributed by atoms with van der Waals surface area (Å²) in [6, 6.07) is 17.3. The number of anilines is 2. The van der Waals surface area contributed by atoms with Crippen molar-refractivity contribution in [3.63, 3.8) is 0 Å². The summed E-state index contributed by atoms with van der Waals surface area (Å²) in [5, 5.41) is 5.20. The number of hydrogen-bond donors (Lipinski definition) is 2. The molecule has 1 aliphatic rings. The molecule has 9 nitrogen and oxygen atoms in total. The van der Waals surface area contributed by atoms with Gasteiger partial charge in [-0.3, -0.25) is 14.4 Å². The number of benzene rings is 3. The van der Waals surface area contributed by atoms with Crippen molar-refractivity contribution in [2.45, 2.75) is 30.7 Å². The molecule has 198 valence electrons. The van der Waals surface area contributed by atoms with Crippen molar-refractivity contribution in [2.75, 3.05) is 23.8 Å². The Labute approximate surface area is 219 Å². The van der Waals surface area contributed by atoms with Gasteiger partial charge in [-0.2, -0.15) is 4.31 Å². The molecule has 1 heterocycles. The van der Waals surface area contributed by atoms with E-state index in [1.165, 1.54) is 23.4 Å². The topological polar surface area (TPSA) is 122 Å². The average molecular weight is 540 g/mol. The maximum absolute atomic E-state index is 13.4. The number of nitrogens with one attached hydrogen (secondary N) is 2. The fourth-order valence-corrected chi connectivity index (χ4v) is 5.88. The molecule has 0 radical (unpaired) electrons. The first-order chi connectivity index (χ1) is 18.1. The summed E-state index contributed by atoms with van der Waals surface area (Å²) in [5.74, 6) is -2.11. The van der Waals surface area contributed by atoms with Crippen LogP contribution in [0, 0.1) is 5.82 Å². The SMILES string of the molecule is CC(=O)Nc1ccc(NC(=O)COC(=O)CC2c3ccccc3CCN2S(=O)(=O)c2ccc(F)cc2)cc1. The molecule has 2 N–H and O–H groups in total. The minimum atomic E-state index is -4.05. The molecule has 38 heavy (non-hydrogen) atoms. The van der Waals surface area contributed by atoms with E-state index in [2.05, 4.69) is 10.6 Å². The van der Waals surface area contributed by atoms with E-state index < -0.39 is 40.4 Å². The molecule has 2 amide bonds. The highest BCUT2D eigenvalue weighted by molar-refractivity contribution is 7.89. The second kappa shape index (κ2) is 11.5. The lowest BCUT2D eigenvalue weighted by Gasteiger charge is -2.36. The maximum Gasteiger partial charge on any atom is 0.308 e. The highest BCUT2D eigenvalue weighted by Crippen LogP contribution is 2.36. The van der Waals surface area contributed by atoms with E-state index in [9.17, 15) is 27.2 Å². The molecular formula is C27H26FN3O6S. The molecule has 0 spiro atoms. The number of nitrogens with zero attached hydrogens (tertiary/aromatic N) is 1. The molecule has 3 aromatic carbocycles. The second-order valence-electron chi connectivity index (χ2n) is 8.71. The summed E-state index contributed by atoms with van der Waals surface area (Å²) in [6.45, 7) is 0.947. The van der Waals surface area contributed by atoms with Gasteiger partial charge in [-0.1, -0.05) is 24.3 Å². The molecule has 1 aliphatic heterocycles. The Morgan fingerprint density at radius 3 is 2.24 bits per heavy atom.